The molecule has 0 spiro atoms. The van der Waals surface area contributed by atoms with Crippen molar-refractivity contribution < 1.29 is 0 Å². The Kier molecular flexibility index (Phi) is 5.13. The van der Waals surface area contributed by atoms with Gasteiger partial charge in [0.05, 0.1) is 0 Å². The topological polar surface area (TPSA) is 12.0 Å². The fourth-order valence-electron chi connectivity index (χ4n) is 2.59. The van der Waals surface area contributed by atoms with Crippen LogP contribution in [0.3, 0.4) is 0 Å². The van der Waals surface area contributed by atoms with Crippen LogP contribution >= 0.6 is 11.8 Å². The van der Waals surface area contributed by atoms with Gasteiger partial charge in [-0.3, -0.25) is 0 Å². The molecule has 1 aliphatic heterocycles. The number of aryl methyl sites for hydroxylation is 1. The van der Waals surface area contributed by atoms with Gasteiger partial charge in [0.2, 0.25) is 0 Å². The van der Waals surface area contributed by atoms with Gasteiger partial charge in [0.25, 0.3) is 0 Å². The second-order valence-electron chi connectivity index (χ2n) is 5.25. The number of thioether (sulfide) groups is 1. The number of hydrogen-bond acceptors (Lipinski definition) is 2. The first-order valence-electron chi connectivity index (χ1n) is 7.21. The lowest BCUT2D eigenvalue weighted by Gasteiger charge is -2.21. The summed E-state index contributed by atoms with van der Waals surface area (Å²) in [7, 11) is 0. The summed E-state index contributed by atoms with van der Waals surface area (Å²) in [5.74, 6) is 1.17. The average molecular weight is 263 g/mol. The smallest absolute Gasteiger partial charge is 0.0333 e. The first-order valence-corrected chi connectivity index (χ1v) is 8.26. The van der Waals surface area contributed by atoms with Gasteiger partial charge in [-0.05, 0) is 42.5 Å². The first-order chi connectivity index (χ1) is 8.74. The summed E-state index contributed by atoms with van der Waals surface area (Å²) >= 11 is 2.09. The Morgan fingerprint density at radius 1 is 1.33 bits per heavy atom. The zero-order chi connectivity index (χ0) is 13.0. The number of benzene rings is 1. The minimum Gasteiger partial charge on any atom is -0.310 e. The van der Waals surface area contributed by atoms with Crippen molar-refractivity contribution in [1.82, 2.24) is 5.32 Å². The summed E-state index contributed by atoms with van der Waals surface area (Å²) in [5.41, 5.74) is 4.56. The monoisotopic (exact) mass is 263 g/mol. The average Bonchev–Trinajstić information content (AvgIpc) is 2.55. The van der Waals surface area contributed by atoms with Crippen molar-refractivity contribution in [3.05, 3.63) is 34.9 Å². The second-order valence-corrected chi connectivity index (χ2v) is 6.68. The molecule has 18 heavy (non-hydrogen) atoms. The lowest BCUT2D eigenvalue weighted by atomic mass is 9.95. The highest BCUT2D eigenvalue weighted by atomic mass is 32.2. The van der Waals surface area contributed by atoms with Crippen molar-refractivity contribution in [2.24, 2.45) is 0 Å². The van der Waals surface area contributed by atoms with Crippen LogP contribution in [0.15, 0.2) is 18.2 Å². The van der Waals surface area contributed by atoms with E-state index in [4.69, 9.17) is 0 Å². The third-order valence-corrected chi connectivity index (χ3v) is 4.96. The highest BCUT2D eigenvalue weighted by Crippen LogP contribution is 2.35. The van der Waals surface area contributed by atoms with Gasteiger partial charge < -0.3 is 5.32 Å². The zero-order valence-electron chi connectivity index (χ0n) is 11.8. The van der Waals surface area contributed by atoms with Gasteiger partial charge in [-0.2, -0.15) is 11.8 Å². The minimum atomic E-state index is 0.552. The van der Waals surface area contributed by atoms with Crippen LogP contribution in [0.1, 0.15) is 56.3 Å². The third kappa shape index (κ3) is 3.30. The zero-order valence-corrected chi connectivity index (χ0v) is 12.6. The molecule has 0 bridgehead atoms. The van der Waals surface area contributed by atoms with E-state index in [2.05, 4.69) is 56.0 Å². The number of fused-ring (bicyclic) bond motifs is 1. The Morgan fingerprint density at radius 3 is 2.89 bits per heavy atom. The predicted octanol–water partition coefficient (Wildman–Crippen LogP) is 4.32. The summed E-state index contributed by atoms with van der Waals surface area (Å²) < 4.78 is 0. The molecule has 0 radical (unpaired) electrons. The van der Waals surface area contributed by atoms with E-state index in [0.717, 1.165) is 18.2 Å². The Hall–Kier alpha value is -0.470. The van der Waals surface area contributed by atoms with Gasteiger partial charge >= 0.3 is 0 Å². The molecule has 2 atom stereocenters. The number of rotatable bonds is 4. The molecule has 1 aromatic carbocycles. The van der Waals surface area contributed by atoms with Crippen LogP contribution in [0.5, 0.6) is 0 Å². The van der Waals surface area contributed by atoms with Gasteiger partial charge in [-0.15, -0.1) is 0 Å². The van der Waals surface area contributed by atoms with Gasteiger partial charge in [-0.25, -0.2) is 0 Å². The van der Waals surface area contributed by atoms with Gasteiger partial charge in [0, 0.05) is 17.0 Å². The normalized spacial score (nSPS) is 23.5. The highest BCUT2D eigenvalue weighted by molar-refractivity contribution is 7.99. The minimum absolute atomic E-state index is 0.552. The van der Waals surface area contributed by atoms with Crippen LogP contribution in [0.2, 0.25) is 0 Å². The van der Waals surface area contributed by atoms with E-state index in [1.165, 1.54) is 29.7 Å². The Balaban J connectivity index is 2.28. The third-order valence-electron chi connectivity index (χ3n) is 3.73. The van der Waals surface area contributed by atoms with Crippen molar-refractivity contribution in [3.63, 3.8) is 0 Å². The lowest BCUT2D eigenvalue weighted by molar-refractivity contribution is 0.499. The predicted molar refractivity (Wildman–Crippen MR) is 82.2 cm³/mol. The van der Waals surface area contributed by atoms with E-state index in [1.807, 2.05) is 0 Å². The largest absolute Gasteiger partial charge is 0.310 e. The van der Waals surface area contributed by atoms with Crippen LogP contribution < -0.4 is 5.32 Å². The van der Waals surface area contributed by atoms with Gasteiger partial charge in [-0.1, -0.05) is 39.0 Å². The summed E-state index contributed by atoms with van der Waals surface area (Å²) in [6, 6.07) is 7.63. The van der Waals surface area contributed by atoms with Crippen molar-refractivity contribution >= 4 is 11.8 Å². The van der Waals surface area contributed by atoms with Crippen molar-refractivity contribution in [1.29, 1.82) is 0 Å². The molecule has 1 heterocycles. The van der Waals surface area contributed by atoms with Crippen LogP contribution in [0.4, 0.5) is 0 Å². The molecule has 0 aromatic heterocycles. The van der Waals surface area contributed by atoms with E-state index < -0.39 is 0 Å². The molecule has 2 rings (SSSR count). The quantitative estimate of drug-likeness (QED) is 0.868. The molecule has 0 saturated carbocycles. The van der Waals surface area contributed by atoms with E-state index >= 15 is 0 Å². The molecule has 1 nitrogen and oxygen atoms in total. The fourth-order valence-corrected chi connectivity index (χ4v) is 3.65. The Labute approximate surface area is 116 Å². The summed E-state index contributed by atoms with van der Waals surface area (Å²) in [4.78, 5) is 0. The maximum atomic E-state index is 3.74. The van der Waals surface area contributed by atoms with Crippen molar-refractivity contribution in [3.8, 4) is 0 Å². The first kappa shape index (κ1) is 14.0. The van der Waals surface area contributed by atoms with Crippen LogP contribution in [0, 0.1) is 0 Å². The molecule has 1 N–H and O–H groups in total. The molecule has 0 saturated heterocycles. The summed E-state index contributed by atoms with van der Waals surface area (Å²) in [6.07, 6.45) is 3.60. The fraction of sp³-hybridized carbons (Fsp3) is 0.625. The van der Waals surface area contributed by atoms with Gasteiger partial charge in [0.1, 0.15) is 0 Å². The molecule has 0 aliphatic carbocycles. The van der Waals surface area contributed by atoms with E-state index in [1.54, 1.807) is 5.56 Å². The van der Waals surface area contributed by atoms with Crippen molar-refractivity contribution in [2.75, 3.05) is 6.54 Å². The molecule has 0 amide bonds. The lowest BCUT2D eigenvalue weighted by Crippen LogP contribution is -2.24. The van der Waals surface area contributed by atoms with Crippen molar-refractivity contribution in [2.45, 2.75) is 57.1 Å². The molecule has 0 fully saturated rings. The molecular weight excluding hydrogens is 238 g/mol. The summed E-state index contributed by atoms with van der Waals surface area (Å²) in [5, 5.41) is 4.48. The Bertz CT molecular complexity index is 389. The van der Waals surface area contributed by atoms with E-state index in [0.29, 0.717) is 6.04 Å². The van der Waals surface area contributed by atoms with Gasteiger partial charge in [0.15, 0.2) is 0 Å². The maximum Gasteiger partial charge on any atom is 0.0333 e. The molecule has 2 unspecified atom stereocenters. The SMILES string of the molecule is CCCNC1CC(C)SCc2ccc(CC)cc21. The molecule has 1 aromatic rings. The van der Waals surface area contributed by atoms with Crippen LogP contribution in [-0.4, -0.2) is 11.8 Å². The number of nitrogens with one attached hydrogen (secondary N) is 1. The highest BCUT2D eigenvalue weighted by Gasteiger charge is 2.22. The van der Waals surface area contributed by atoms with Crippen LogP contribution in [0.25, 0.3) is 0 Å². The van der Waals surface area contributed by atoms with E-state index in [-0.39, 0.29) is 0 Å². The summed E-state index contributed by atoms with van der Waals surface area (Å²) in [6.45, 7) is 7.96. The molecule has 2 heteroatoms. The Morgan fingerprint density at radius 2 is 2.17 bits per heavy atom. The molecule has 1 aliphatic rings. The maximum absolute atomic E-state index is 3.74. The van der Waals surface area contributed by atoms with Crippen LogP contribution in [-0.2, 0) is 12.2 Å². The second kappa shape index (κ2) is 6.63. The number of hydrogen-bond donors (Lipinski definition) is 1. The van der Waals surface area contributed by atoms with E-state index in [9.17, 15) is 0 Å². The molecular formula is C16H25NS. The standard InChI is InChI=1S/C16H25NS/c1-4-8-17-16-9-12(3)18-11-14-7-6-13(5-2)10-15(14)16/h6-7,10,12,16-17H,4-5,8-9,11H2,1-3H3. The molecule has 100 valence electrons.